The van der Waals surface area contributed by atoms with Gasteiger partial charge in [0.1, 0.15) is 0 Å². The molecule has 0 aliphatic heterocycles. The van der Waals surface area contributed by atoms with E-state index in [1.165, 1.54) is 26.3 Å². The lowest BCUT2D eigenvalue weighted by Gasteiger charge is -2.45. The third-order valence-corrected chi connectivity index (χ3v) is 11.3. The Kier molecular flexibility index (Phi) is 7.64. The minimum Gasteiger partial charge on any atom is -0.393 e. The van der Waals surface area contributed by atoms with Crippen molar-refractivity contribution < 1.29 is 27.4 Å². The van der Waals surface area contributed by atoms with Crippen molar-refractivity contribution in [3.8, 4) is 0 Å². The predicted octanol–water partition coefficient (Wildman–Crippen LogP) is 5.96. The van der Waals surface area contributed by atoms with E-state index in [-0.39, 0.29) is 17.3 Å². The summed E-state index contributed by atoms with van der Waals surface area (Å²) < 4.78 is 53.6. The highest BCUT2D eigenvalue weighted by molar-refractivity contribution is 7.93. The molecule has 3 rings (SSSR count). The Labute approximate surface area is 204 Å². The van der Waals surface area contributed by atoms with Crippen LogP contribution in [0.3, 0.4) is 0 Å². The Bertz CT molecular complexity index is 960. The summed E-state index contributed by atoms with van der Waals surface area (Å²) in [6.45, 7) is 12.0. The van der Waals surface area contributed by atoms with E-state index < -0.39 is 44.4 Å². The number of aliphatic hydroxyl groups is 2. The van der Waals surface area contributed by atoms with Gasteiger partial charge in [-0.15, -0.1) is 0 Å². The standard InChI is InChI=1S/C27H42F2O4S/c1-17(16-27(28,29)34(32,33)25(3,4)5)22-11-12-23-19(8-7-13-26(22,23)6)9-10-20-14-21(30)15-24(31)18(20)2/h9-10,17,21-24,30-31H,2,7-8,11-16H2,1,3-6H3/t17-,21+,22-,23+,24-,26-/m1/s1. The molecule has 0 spiro atoms. The van der Waals surface area contributed by atoms with Crippen LogP contribution < -0.4 is 0 Å². The SMILES string of the molecule is C=C1C(=CC=C2CCC[C@]3(C)[C@@H]([C@H](C)CC(F)(F)S(=O)(=O)C(C)(C)C)CC[C@@H]23)C[C@H](O)C[C@H]1O. The van der Waals surface area contributed by atoms with E-state index in [4.69, 9.17) is 0 Å². The summed E-state index contributed by atoms with van der Waals surface area (Å²) in [5, 5.41) is 16.4. The summed E-state index contributed by atoms with van der Waals surface area (Å²) in [7, 11) is -4.60. The van der Waals surface area contributed by atoms with Gasteiger partial charge in [-0.05, 0) is 93.6 Å². The lowest BCUT2D eigenvalue weighted by Crippen LogP contribution is -2.44. The van der Waals surface area contributed by atoms with Gasteiger partial charge in [0.05, 0.1) is 17.0 Å². The van der Waals surface area contributed by atoms with Crippen LogP contribution in [-0.2, 0) is 9.84 Å². The fourth-order valence-electron chi connectivity index (χ4n) is 6.75. The first-order chi connectivity index (χ1) is 15.5. The fraction of sp³-hybridized carbons (Fsp3) is 0.778. The Morgan fingerprint density at radius 3 is 2.47 bits per heavy atom. The van der Waals surface area contributed by atoms with Crippen molar-refractivity contribution in [1.29, 1.82) is 0 Å². The van der Waals surface area contributed by atoms with E-state index >= 15 is 0 Å². The number of aliphatic hydroxyl groups excluding tert-OH is 2. The zero-order chi connectivity index (χ0) is 25.7. The molecular formula is C27H42F2O4S. The lowest BCUT2D eigenvalue weighted by molar-refractivity contribution is 0.0238. The van der Waals surface area contributed by atoms with Crippen molar-refractivity contribution in [3.05, 3.63) is 35.5 Å². The molecular weight excluding hydrogens is 458 g/mol. The molecule has 194 valence electrons. The average molecular weight is 501 g/mol. The molecule has 4 nitrogen and oxygen atoms in total. The van der Waals surface area contributed by atoms with Crippen molar-refractivity contribution in [1.82, 2.24) is 0 Å². The summed E-state index contributed by atoms with van der Waals surface area (Å²) >= 11 is 0. The van der Waals surface area contributed by atoms with Gasteiger partial charge in [0.15, 0.2) is 0 Å². The number of hydrogen-bond acceptors (Lipinski definition) is 4. The molecule has 0 aromatic carbocycles. The average Bonchev–Trinajstić information content (AvgIpc) is 3.06. The second kappa shape index (κ2) is 9.44. The molecule has 0 heterocycles. The molecule has 3 saturated carbocycles. The number of rotatable bonds is 5. The third-order valence-electron chi connectivity index (χ3n) is 8.75. The van der Waals surface area contributed by atoms with Crippen molar-refractivity contribution >= 4 is 9.84 Å². The molecule has 0 bridgehead atoms. The van der Waals surface area contributed by atoms with Crippen molar-refractivity contribution in [2.24, 2.45) is 23.2 Å². The molecule has 0 unspecified atom stereocenters. The van der Waals surface area contributed by atoms with E-state index in [9.17, 15) is 27.4 Å². The van der Waals surface area contributed by atoms with Crippen LogP contribution in [0.1, 0.15) is 86.0 Å². The molecule has 3 aliphatic rings. The van der Waals surface area contributed by atoms with Crippen molar-refractivity contribution in [2.45, 2.75) is 108 Å². The van der Waals surface area contributed by atoms with Crippen LogP contribution in [0, 0.1) is 23.2 Å². The first-order valence-electron chi connectivity index (χ1n) is 12.6. The molecule has 0 amide bonds. The molecule has 3 fully saturated rings. The van der Waals surface area contributed by atoms with Gasteiger partial charge in [0, 0.05) is 12.8 Å². The normalized spacial score (nSPS) is 36.7. The van der Waals surface area contributed by atoms with Gasteiger partial charge in [-0.25, -0.2) is 8.42 Å². The topological polar surface area (TPSA) is 74.6 Å². The summed E-state index contributed by atoms with van der Waals surface area (Å²) in [6, 6.07) is 0. The Hall–Kier alpha value is -1.05. The van der Waals surface area contributed by atoms with Crippen LogP contribution in [0.4, 0.5) is 8.78 Å². The quantitative estimate of drug-likeness (QED) is 0.488. The number of allylic oxidation sites excluding steroid dienone is 3. The molecule has 2 N–H and O–H groups in total. The van der Waals surface area contributed by atoms with E-state index in [1.807, 2.05) is 6.08 Å². The molecule has 3 aliphatic carbocycles. The summed E-state index contributed by atoms with van der Waals surface area (Å²) in [5.41, 5.74) is 2.65. The maximum absolute atomic E-state index is 15.0. The Morgan fingerprint density at radius 2 is 1.85 bits per heavy atom. The first kappa shape index (κ1) is 27.5. The molecule has 0 aromatic rings. The van der Waals surface area contributed by atoms with Crippen LogP contribution in [0.2, 0.25) is 0 Å². The molecule has 0 radical (unpaired) electrons. The summed E-state index contributed by atoms with van der Waals surface area (Å²) in [6.07, 6.45) is 7.47. The number of alkyl halides is 2. The maximum atomic E-state index is 15.0. The Morgan fingerprint density at radius 1 is 1.21 bits per heavy atom. The number of hydrogen-bond donors (Lipinski definition) is 2. The molecule has 6 atom stereocenters. The zero-order valence-corrected chi connectivity index (χ0v) is 22.1. The summed E-state index contributed by atoms with van der Waals surface area (Å²) in [5.74, 6) is -0.114. The minimum atomic E-state index is -4.60. The van der Waals surface area contributed by atoms with Crippen LogP contribution in [0.25, 0.3) is 0 Å². The van der Waals surface area contributed by atoms with Crippen LogP contribution in [0.15, 0.2) is 35.5 Å². The van der Waals surface area contributed by atoms with Gasteiger partial charge < -0.3 is 10.2 Å². The van der Waals surface area contributed by atoms with Gasteiger partial charge in [-0.1, -0.05) is 38.2 Å². The minimum absolute atomic E-state index is 0.0307. The molecule has 7 heteroatoms. The number of sulfone groups is 1. The van der Waals surface area contributed by atoms with Crippen LogP contribution in [-0.4, -0.2) is 40.8 Å². The van der Waals surface area contributed by atoms with Crippen LogP contribution in [0.5, 0.6) is 0 Å². The largest absolute Gasteiger partial charge is 0.393 e. The van der Waals surface area contributed by atoms with Gasteiger partial charge in [0.2, 0.25) is 9.84 Å². The van der Waals surface area contributed by atoms with Gasteiger partial charge >= 0.3 is 5.25 Å². The Balaban J connectivity index is 1.81. The lowest BCUT2D eigenvalue weighted by atomic mass is 9.61. The zero-order valence-electron chi connectivity index (χ0n) is 21.3. The third kappa shape index (κ3) is 4.94. The second-order valence-corrected chi connectivity index (χ2v) is 14.9. The number of fused-ring (bicyclic) bond motifs is 1. The van der Waals surface area contributed by atoms with E-state index in [0.717, 1.165) is 37.7 Å². The van der Waals surface area contributed by atoms with Crippen molar-refractivity contribution in [2.75, 3.05) is 0 Å². The molecule has 0 aromatic heterocycles. The molecule has 34 heavy (non-hydrogen) atoms. The number of halogens is 2. The first-order valence-corrected chi connectivity index (χ1v) is 14.1. The fourth-order valence-corrected chi connectivity index (χ4v) is 8.13. The summed E-state index contributed by atoms with van der Waals surface area (Å²) in [4.78, 5) is 0. The predicted molar refractivity (Wildman–Crippen MR) is 132 cm³/mol. The smallest absolute Gasteiger partial charge is 0.346 e. The van der Waals surface area contributed by atoms with E-state index in [0.29, 0.717) is 18.4 Å². The highest BCUT2D eigenvalue weighted by Gasteiger charge is 2.56. The van der Waals surface area contributed by atoms with Gasteiger partial charge in [-0.3, -0.25) is 0 Å². The second-order valence-electron chi connectivity index (χ2n) is 12.1. The highest BCUT2D eigenvalue weighted by atomic mass is 32.2. The van der Waals surface area contributed by atoms with Crippen molar-refractivity contribution in [3.63, 3.8) is 0 Å². The monoisotopic (exact) mass is 500 g/mol. The van der Waals surface area contributed by atoms with Gasteiger partial charge in [-0.2, -0.15) is 8.78 Å². The van der Waals surface area contributed by atoms with E-state index in [1.54, 1.807) is 6.92 Å². The highest BCUT2D eigenvalue weighted by Crippen LogP contribution is 2.60. The molecule has 0 saturated heterocycles. The van der Waals surface area contributed by atoms with Gasteiger partial charge in [0.25, 0.3) is 0 Å². The maximum Gasteiger partial charge on any atom is 0.346 e. The van der Waals surface area contributed by atoms with Crippen LogP contribution >= 0.6 is 0 Å². The van der Waals surface area contributed by atoms with E-state index in [2.05, 4.69) is 19.6 Å².